The highest BCUT2D eigenvalue weighted by molar-refractivity contribution is 7.89. The first-order valence-corrected chi connectivity index (χ1v) is 11.4. The summed E-state index contributed by atoms with van der Waals surface area (Å²) < 4.78 is 46.7. The molecule has 1 atom stereocenters. The van der Waals surface area contributed by atoms with Crippen LogP contribution < -0.4 is 9.64 Å². The molecule has 1 fully saturated rings. The van der Waals surface area contributed by atoms with Gasteiger partial charge in [-0.05, 0) is 38.1 Å². The van der Waals surface area contributed by atoms with E-state index >= 15 is 0 Å². The first kappa shape index (κ1) is 21.2. The summed E-state index contributed by atoms with van der Waals surface area (Å²) >= 11 is 0. The third-order valence-electron chi connectivity index (χ3n) is 5.16. The summed E-state index contributed by atoms with van der Waals surface area (Å²) in [6.07, 6.45) is 1.38. The summed E-state index contributed by atoms with van der Waals surface area (Å²) in [5, 5.41) is 0. The SMILES string of the molecule is Cc1ccc(S(=O)(=O)N2CCN(c3cc(Oc4cccc(F)c4)ncn3)C[C@@H]2C)cc1. The molecule has 2 heterocycles. The summed E-state index contributed by atoms with van der Waals surface area (Å²) in [5.41, 5.74) is 1.01. The van der Waals surface area contributed by atoms with Crippen molar-refractivity contribution in [3.8, 4) is 11.6 Å². The highest BCUT2D eigenvalue weighted by Crippen LogP contribution is 2.26. The van der Waals surface area contributed by atoms with Crippen LogP contribution in [0.5, 0.6) is 11.6 Å². The van der Waals surface area contributed by atoms with Crippen molar-refractivity contribution in [2.45, 2.75) is 24.8 Å². The van der Waals surface area contributed by atoms with E-state index in [0.717, 1.165) is 5.56 Å². The Morgan fingerprint density at radius 2 is 1.84 bits per heavy atom. The van der Waals surface area contributed by atoms with Crippen molar-refractivity contribution >= 4 is 15.8 Å². The molecule has 0 spiro atoms. The Morgan fingerprint density at radius 1 is 1.06 bits per heavy atom. The van der Waals surface area contributed by atoms with Gasteiger partial charge in [0.05, 0.1) is 4.90 Å². The number of aryl methyl sites for hydroxylation is 1. The fraction of sp³-hybridized carbons (Fsp3) is 0.273. The second kappa shape index (κ2) is 8.60. The number of nitrogens with zero attached hydrogens (tertiary/aromatic N) is 4. The minimum atomic E-state index is -3.57. The predicted molar refractivity (Wildman–Crippen MR) is 115 cm³/mol. The lowest BCUT2D eigenvalue weighted by molar-refractivity contribution is 0.305. The van der Waals surface area contributed by atoms with Crippen LogP contribution in [0, 0.1) is 12.7 Å². The number of piperazine rings is 1. The van der Waals surface area contributed by atoms with E-state index in [1.54, 1.807) is 42.5 Å². The Balaban J connectivity index is 1.48. The first-order chi connectivity index (χ1) is 14.8. The van der Waals surface area contributed by atoms with Gasteiger partial charge in [0.1, 0.15) is 23.7 Å². The van der Waals surface area contributed by atoms with Crippen LogP contribution in [-0.4, -0.2) is 48.4 Å². The van der Waals surface area contributed by atoms with Crippen molar-refractivity contribution in [3.63, 3.8) is 0 Å². The van der Waals surface area contributed by atoms with Crippen LogP contribution in [0.3, 0.4) is 0 Å². The lowest BCUT2D eigenvalue weighted by Gasteiger charge is -2.39. The third-order valence-corrected chi connectivity index (χ3v) is 7.19. The molecule has 1 aromatic heterocycles. The molecule has 1 aliphatic rings. The van der Waals surface area contributed by atoms with Gasteiger partial charge in [0.25, 0.3) is 0 Å². The number of sulfonamides is 1. The van der Waals surface area contributed by atoms with Crippen LogP contribution in [0.4, 0.5) is 10.2 Å². The fourth-order valence-corrected chi connectivity index (χ4v) is 5.17. The van der Waals surface area contributed by atoms with Gasteiger partial charge in [0.15, 0.2) is 0 Å². The molecule has 162 valence electrons. The average Bonchev–Trinajstić information content (AvgIpc) is 2.74. The first-order valence-electron chi connectivity index (χ1n) is 9.92. The zero-order valence-corrected chi connectivity index (χ0v) is 18.1. The Hall–Kier alpha value is -3.04. The van der Waals surface area contributed by atoms with Crippen molar-refractivity contribution in [3.05, 3.63) is 72.3 Å². The summed E-state index contributed by atoms with van der Waals surface area (Å²) in [4.78, 5) is 10.7. The molecule has 0 amide bonds. The van der Waals surface area contributed by atoms with Crippen molar-refractivity contribution < 1.29 is 17.5 Å². The number of anilines is 1. The summed E-state index contributed by atoms with van der Waals surface area (Å²) in [6, 6.07) is 14.1. The smallest absolute Gasteiger partial charge is 0.243 e. The molecule has 4 rings (SSSR count). The molecule has 0 radical (unpaired) electrons. The van der Waals surface area contributed by atoms with E-state index in [1.807, 2.05) is 18.7 Å². The largest absolute Gasteiger partial charge is 0.439 e. The van der Waals surface area contributed by atoms with E-state index in [9.17, 15) is 12.8 Å². The number of ether oxygens (including phenoxy) is 1. The van der Waals surface area contributed by atoms with Crippen LogP contribution in [0.1, 0.15) is 12.5 Å². The molecule has 0 aliphatic carbocycles. The molecular formula is C22H23FN4O3S. The standard InChI is InChI=1S/C22H23FN4O3S/c1-16-6-8-20(9-7-16)31(28,29)27-11-10-26(14-17(27)2)21-13-22(25-15-24-21)30-19-5-3-4-18(23)12-19/h3-9,12-13,15,17H,10-11,14H2,1-2H3/t17-/m0/s1. The second-order valence-corrected chi connectivity index (χ2v) is 9.39. The lowest BCUT2D eigenvalue weighted by atomic mass is 10.2. The van der Waals surface area contributed by atoms with E-state index in [1.165, 1.54) is 22.8 Å². The molecule has 1 aliphatic heterocycles. The minimum absolute atomic E-state index is 0.248. The molecule has 9 heteroatoms. The van der Waals surface area contributed by atoms with E-state index in [4.69, 9.17) is 4.74 Å². The average molecular weight is 443 g/mol. The van der Waals surface area contributed by atoms with Crippen molar-refractivity contribution in [1.82, 2.24) is 14.3 Å². The number of hydrogen-bond acceptors (Lipinski definition) is 6. The number of benzene rings is 2. The fourth-order valence-electron chi connectivity index (χ4n) is 3.56. The van der Waals surface area contributed by atoms with Crippen LogP contribution >= 0.6 is 0 Å². The van der Waals surface area contributed by atoms with Gasteiger partial charge >= 0.3 is 0 Å². The van der Waals surface area contributed by atoms with E-state index in [0.29, 0.717) is 36.1 Å². The van der Waals surface area contributed by atoms with Crippen molar-refractivity contribution in [1.29, 1.82) is 0 Å². The number of aromatic nitrogens is 2. The molecule has 31 heavy (non-hydrogen) atoms. The Kier molecular flexibility index (Phi) is 5.88. The van der Waals surface area contributed by atoms with Crippen LogP contribution in [-0.2, 0) is 10.0 Å². The zero-order chi connectivity index (χ0) is 22.0. The maximum Gasteiger partial charge on any atom is 0.243 e. The minimum Gasteiger partial charge on any atom is -0.439 e. The van der Waals surface area contributed by atoms with E-state index < -0.39 is 15.8 Å². The van der Waals surface area contributed by atoms with Gasteiger partial charge in [0, 0.05) is 37.8 Å². The zero-order valence-electron chi connectivity index (χ0n) is 17.3. The summed E-state index contributed by atoms with van der Waals surface area (Å²) in [7, 11) is -3.57. The van der Waals surface area contributed by atoms with Gasteiger partial charge in [0.2, 0.25) is 15.9 Å². The quantitative estimate of drug-likeness (QED) is 0.601. The highest BCUT2D eigenvalue weighted by Gasteiger charge is 2.34. The molecule has 0 bridgehead atoms. The molecule has 0 N–H and O–H groups in total. The maximum absolute atomic E-state index is 13.4. The number of rotatable bonds is 5. The summed E-state index contributed by atoms with van der Waals surface area (Å²) in [5.74, 6) is 0.858. The van der Waals surface area contributed by atoms with Crippen LogP contribution in [0.15, 0.2) is 65.8 Å². The molecule has 1 saturated heterocycles. The van der Waals surface area contributed by atoms with Crippen molar-refractivity contribution in [2.75, 3.05) is 24.5 Å². The van der Waals surface area contributed by atoms with Gasteiger partial charge in [-0.1, -0.05) is 23.8 Å². The topological polar surface area (TPSA) is 75.6 Å². The third kappa shape index (κ3) is 4.67. The monoisotopic (exact) mass is 442 g/mol. The van der Waals surface area contributed by atoms with Gasteiger partial charge in [-0.3, -0.25) is 0 Å². The van der Waals surface area contributed by atoms with Gasteiger partial charge < -0.3 is 9.64 Å². The predicted octanol–water partition coefficient (Wildman–Crippen LogP) is 3.62. The number of halogens is 1. The molecule has 2 aromatic carbocycles. The number of hydrogen-bond donors (Lipinski definition) is 0. The van der Waals surface area contributed by atoms with Gasteiger partial charge in [-0.15, -0.1) is 0 Å². The highest BCUT2D eigenvalue weighted by atomic mass is 32.2. The molecule has 7 nitrogen and oxygen atoms in total. The van der Waals surface area contributed by atoms with E-state index in [2.05, 4.69) is 9.97 Å². The Morgan fingerprint density at radius 3 is 2.55 bits per heavy atom. The van der Waals surface area contributed by atoms with Gasteiger partial charge in [-0.25, -0.2) is 22.8 Å². The molecule has 0 unspecified atom stereocenters. The van der Waals surface area contributed by atoms with Crippen LogP contribution in [0.25, 0.3) is 0 Å². The summed E-state index contributed by atoms with van der Waals surface area (Å²) in [6.45, 7) is 5.09. The van der Waals surface area contributed by atoms with Crippen molar-refractivity contribution in [2.24, 2.45) is 0 Å². The molecule has 0 saturated carbocycles. The molecular weight excluding hydrogens is 419 g/mol. The normalized spacial score (nSPS) is 17.5. The van der Waals surface area contributed by atoms with Crippen LogP contribution in [0.2, 0.25) is 0 Å². The maximum atomic E-state index is 13.4. The van der Waals surface area contributed by atoms with E-state index in [-0.39, 0.29) is 11.9 Å². The Bertz CT molecular complexity index is 1170. The molecule has 3 aromatic rings. The van der Waals surface area contributed by atoms with Gasteiger partial charge in [-0.2, -0.15) is 4.31 Å². The lowest BCUT2D eigenvalue weighted by Crippen LogP contribution is -2.54. The Labute approximate surface area is 181 Å². The second-order valence-electron chi connectivity index (χ2n) is 7.50.